The first-order chi connectivity index (χ1) is 24.1. The third-order valence-electron chi connectivity index (χ3n) is 7.80. The van der Waals surface area contributed by atoms with E-state index in [1.807, 2.05) is 30.3 Å². The Bertz CT molecular complexity index is 1530. The quantitative estimate of drug-likeness (QED) is 0.236. The molecule has 3 aromatic carbocycles. The van der Waals surface area contributed by atoms with Crippen LogP contribution in [0.3, 0.4) is 0 Å². The Morgan fingerprint density at radius 2 is 1.16 bits per heavy atom. The molecule has 2 amide bonds. The van der Waals surface area contributed by atoms with E-state index in [0.717, 1.165) is 5.56 Å². The van der Waals surface area contributed by atoms with Gasteiger partial charge in [0.15, 0.2) is 35.1 Å². The molecule has 2 N–H and O–H groups in total. The topological polar surface area (TPSA) is 150 Å². The zero-order valence-corrected chi connectivity index (χ0v) is 29.7. The summed E-state index contributed by atoms with van der Waals surface area (Å²) in [6.45, 7) is 3.75. The molecule has 0 saturated carbocycles. The molecule has 272 valence electrons. The van der Waals surface area contributed by atoms with Crippen LogP contribution in [0.2, 0.25) is 0 Å². The molecule has 0 spiro atoms. The standard InChI is InChI=1S/C36H46N2O12/c1-36(2)48-21-31(47-20-22-12-10-9-11-13-22)49-29(18-37-34(39)23-14-25(41-3)32(45-7)26(15-23)42-4)30(50-36)19-38-35(40)24-16-27(43-5)33(46-8)28(17-24)44-6/h9-17,29-31H,18-21H2,1-8H3,(H,37,39)(H,38,40)/t29-,30+,31-/m1/s1. The minimum atomic E-state index is -1.11. The van der Waals surface area contributed by atoms with Gasteiger partial charge in [0.2, 0.25) is 11.5 Å². The van der Waals surface area contributed by atoms with Gasteiger partial charge in [-0.25, -0.2) is 0 Å². The molecule has 14 nitrogen and oxygen atoms in total. The molecule has 0 radical (unpaired) electrons. The third-order valence-corrected chi connectivity index (χ3v) is 7.80. The summed E-state index contributed by atoms with van der Waals surface area (Å²) in [6.07, 6.45) is -2.47. The number of carbonyl (C=O) groups excluding carboxylic acids is 2. The predicted molar refractivity (Wildman–Crippen MR) is 182 cm³/mol. The molecule has 3 aromatic rings. The average molecular weight is 699 g/mol. The van der Waals surface area contributed by atoms with E-state index in [1.54, 1.807) is 38.1 Å². The van der Waals surface area contributed by atoms with Gasteiger partial charge in [0, 0.05) is 24.2 Å². The van der Waals surface area contributed by atoms with Crippen molar-refractivity contribution >= 4 is 11.8 Å². The minimum absolute atomic E-state index is 0.0263. The SMILES string of the molecule is COc1cc(C(=O)NC[C@@H]2OC(C)(C)OC[C@H](OCc3ccccc3)O[C@@H]2CNC(=O)c2cc(OC)c(OC)c(OC)c2)cc(OC)c1OC. The van der Waals surface area contributed by atoms with Gasteiger partial charge in [-0.05, 0) is 43.7 Å². The molecular weight excluding hydrogens is 652 g/mol. The number of ether oxygens (including phenoxy) is 10. The van der Waals surface area contributed by atoms with E-state index >= 15 is 0 Å². The van der Waals surface area contributed by atoms with Gasteiger partial charge >= 0.3 is 0 Å². The zero-order chi connectivity index (χ0) is 36.3. The van der Waals surface area contributed by atoms with Crippen LogP contribution in [0.4, 0.5) is 0 Å². The van der Waals surface area contributed by atoms with Crippen LogP contribution in [-0.4, -0.2) is 98.5 Å². The smallest absolute Gasteiger partial charge is 0.251 e. The van der Waals surface area contributed by atoms with E-state index in [4.69, 9.17) is 47.4 Å². The van der Waals surface area contributed by atoms with Gasteiger partial charge in [0.1, 0.15) is 18.8 Å². The van der Waals surface area contributed by atoms with E-state index in [-0.39, 0.29) is 37.4 Å². The molecule has 0 aromatic heterocycles. The Morgan fingerprint density at radius 3 is 1.60 bits per heavy atom. The van der Waals surface area contributed by atoms with Gasteiger partial charge < -0.3 is 58.0 Å². The Hall–Kier alpha value is -4.76. The number of methoxy groups -OCH3 is 6. The molecule has 0 unspecified atom stereocenters. The number of nitrogens with one attached hydrogen (secondary N) is 2. The highest BCUT2D eigenvalue weighted by molar-refractivity contribution is 5.96. The lowest BCUT2D eigenvalue weighted by Gasteiger charge is -2.40. The summed E-state index contributed by atoms with van der Waals surface area (Å²) in [5.41, 5.74) is 1.47. The van der Waals surface area contributed by atoms with Crippen LogP contribution in [0.1, 0.15) is 40.1 Å². The molecule has 1 saturated heterocycles. The van der Waals surface area contributed by atoms with E-state index in [0.29, 0.717) is 34.5 Å². The van der Waals surface area contributed by atoms with Gasteiger partial charge in [-0.1, -0.05) is 30.3 Å². The fraction of sp³-hybridized carbons (Fsp3) is 0.444. The maximum atomic E-state index is 13.5. The fourth-order valence-electron chi connectivity index (χ4n) is 5.28. The molecule has 14 heteroatoms. The molecule has 1 aliphatic rings. The lowest BCUT2D eigenvalue weighted by molar-refractivity contribution is -0.325. The molecule has 1 aliphatic heterocycles. The number of carbonyl (C=O) groups is 2. The van der Waals surface area contributed by atoms with Crippen LogP contribution >= 0.6 is 0 Å². The molecule has 50 heavy (non-hydrogen) atoms. The highest BCUT2D eigenvalue weighted by atomic mass is 16.8. The van der Waals surface area contributed by atoms with Crippen molar-refractivity contribution in [3.8, 4) is 34.5 Å². The Kier molecular flexibility index (Phi) is 13.5. The lowest BCUT2D eigenvalue weighted by atomic mass is 10.1. The molecule has 1 fully saturated rings. The summed E-state index contributed by atoms with van der Waals surface area (Å²) < 4.78 is 57.4. The average Bonchev–Trinajstić information content (AvgIpc) is 3.13. The van der Waals surface area contributed by atoms with Crippen molar-refractivity contribution < 1.29 is 57.0 Å². The number of rotatable bonds is 15. The van der Waals surface area contributed by atoms with Crippen LogP contribution < -0.4 is 39.1 Å². The van der Waals surface area contributed by atoms with Crippen molar-refractivity contribution in [2.75, 3.05) is 62.4 Å². The van der Waals surface area contributed by atoms with Crippen molar-refractivity contribution in [3.63, 3.8) is 0 Å². The summed E-state index contributed by atoms with van der Waals surface area (Å²) in [4.78, 5) is 27.0. The lowest BCUT2D eigenvalue weighted by Crippen LogP contribution is -2.54. The van der Waals surface area contributed by atoms with Crippen LogP contribution in [0, 0.1) is 0 Å². The monoisotopic (exact) mass is 698 g/mol. The van der Waals surface area contributed by atoms with E-state index in [1.165, 1.54) is 42.7 Å². The molecule has 1 heterocycles. The highest BCUT2D eigenvalue weighted by Crippen LogP contribution is 2.39. The molecule has 3 atom stereocenters. The molecular formula is C36H46N2O12. The Labute approximate surface area is 292 Å². The van der Waals surface area contributed by atoms with Crippen LogP contribution in [-0.2, 0) is 25.6 Å². The van der Waals surface area contributed by atoms with Gasteiger partial charge in [-0.3, -0.25) is 9.59 Å². The van der Waals surface area contributed by atoms with E-state index in [9.17, 15) is 9.59 Å². The van der Waals surface area contributed by atoms with Crippen molar-refractivity contribution in [2.45, 2.75) is 44.7 Å². The first-order valence-electron chi connectivity index (χ1n) is 15.8. The van der Waals surface area contributed by atoms with Crippen LogP contribution in [0.15, 0.2) is 54.6 Å². The number of benzene rings is 3. The van der Waals surface area contributed by atoms with E-state index in [2.05, 4.69) is 10.6 Å². The van der Waals surface area contributed by atoms with Crippen molar-refractivity contribution in [3.05, 3.63) is 71.3 Å². The second-order valence-corrected chi connectivity index (χ2v) is 11.5. The summed E-state index contributed by atoms with van der Waals surface area (Å²) in [5, 5.41) is 5.83. The normalized spacial score (nSPS) is 18.5. The maximum Gasteiger partial charge on any atom is 0.251 e. The first-order valence-corrected chi connectivity index (χ1v) is 15.8. The predicted octanol–water partition coefficient (Wildman–Crippen LogP) is 3.98. The first kappa shape index (κ1) is 38.0. The third kappa shape index (κ3) is 9.69. The van der Waals surface area contributed by atoms with Gasteiger partial charge in [0.05, 0.1) is 49.3 Å². The number of hydrogen-bond acceptors (Lipinski definition) is 12. The zero-order valence-electron chi connectivity index (χ0n) is 29.7. The van der Waals surface area contributed by atoms with Crippen LogP contribution in [0.5, 0.6) is 34.5 Å². The number of amides is 2. The second-order valence-electron chi connectivity index (χ2n) is 11.5. The van der Waals surface area contributed by atoms with Gasteiger partial charge in [-0.15, -0.1) is 0 Å². The Balaban J connectivity index is 1.59. The maximum absolute atomic E-state index is 13.5. The second kappa shape index (κ2) is 17.8. The van der Waals surface area contributed by atoms with Crippen molar-refractivity contribution in [1.82, 2.24) is 10.6 Å². The largest absolute Gasteiger partial charge is 0.493 e. The highest BCUT2D eigenvalue weighted by Gasteiger charge is 2.37. The summed E-state index contributed by atoms with van der Waals surface area (Å²) in [6, 6.07) is 15.8. The minimum Gasteiger partial charge on any atom is -0.493 e. The van der Waals surface area contributed by atoms with Gasteiger partial charge in [0.25, 0.3) is 11.8 Å². The van der Waals surface area contributed by atoms with E-state index < -0.39 is 36.1 Å². The number of hydrogen-bond donors (Lipinski definition) is 2. The molecule has 4 rings (SSSR count). The summed E-state index contributed by atoms with van der Waals surface area (Å²) in [5.74, 6) is 0.00713. The molecule has 0 bridgehead atoms. The van der Waals surface area contributed by atoms with Crippen LogP contribution in [0.25, 0.3) is 0 Å². The fourth-order valence-corrected chi connectivity index (χ4v) is 5.28. The Morgan fingerprint density at radius 1 is 0.700 bits per heavy atom. The molecule has 0 aliphatic carbocycles. The van der Waals surface area contributed by atoms with Gasteiger partial charge in [-0.2, -0.15) is 0 Å². The summed E-state index contributed by atoms with van der Waals surface area (Å²) in [7, 11) is 8.83. The summed E-state index contributed by atoms with van der Waals surface area (Å²) >= 11 is 0. The van der Waals surface area contributed by atoms with Crippen molar-refractivity contribution in [2.24, 2.45) is 0 Å². The van der Waals surface area contributed by atoms with Crippen molar-refractivity contribution in [1.29, 1.82) is 0 Å².